The van der Waals surface area contributed by atoms with Gasteiger partial charge in [0.1, 0.15) is 24.4 Å². The molecule has 0 aromatic carbocycles. The SMILES string of the molecule is CCCCCCCCC/C=C/C(O)C(COC1OC(CO)C(O)C(O)C1O)NC(=O)CCCCCCCCCCCCCCCCCCCCCCCCCCCCCCCCCCCCCCCOC(=O)CCCCCCCCCCCCCCCCCCCCC. The number of amides is 1. The van der Waals surface area contributed by atoms with Crippen molar-refractivity contribution in [2.75, 3.05) is 19.8 Å². The lowest BCUT2D eigenvalue weighted by atomic mass is 9.99. The second-order valence-corrected chi connectivity index (χ2v) is 29.2. The largest absolute Gasteiger partial charge is 0.466 e. The van der Waals surface area contributed by atoms with E-state index < -0.39 is 49.5 Å². The lowest BCUT2D eigenvalue weighted by Crippen LogP contribution is -2.60. The first-order chi connectivity index (χ1) is 45.7. The summed E-state index contributed by atoms with van der Waals surface area (Å²) in [4.78, 5) is 25.2. The fourth-order valence-corrected chi connectivity index (χ4v) is 13.7. The van der Waals surface area contributed by atoms with E-state index in [9.17, 15) is 35.1 Å². The number of carbonyl (C=O) groups is 2. The fraction of sp³-hybridized carbons (Fsp3) is 0.951. The van der Waals surface area contributed by atoms with Gasteiger partial charge in [0.2, 0.25) is 5.91 Å². The Bertz CT molecular complexity index is 1550. The van der Waals surface area contributed by atoms with Gasteiger partial charge in [-0.2, -0.15) is 0 Å². The van der Waals surface area contributed by atoms with E-state index in [2.05, 4.69) is 19.2 Å². The van der Waals surface area contributed by atoms with Crippen LogP contribution in [0.25, 0.3) is 0 Å². The molecule has 6 N–H and O–H groups in total. The molecule has 11 nitrogen and oxygen atoms in total. The van der Waals surface area contributed by atoms with Gasteiger partial charge in [0, 0.05) is 12.8 Å². The van der Waals surface area contributed by atoms with Gasteiger partial charge in [-0.1, -0.05) is 405 Å². The van der Waals surface area contributed by atoms with Crippen LogP contribution in [0, 0.1) is 0 Å². The van der Waals surface area contributed by atoms with Gasteiger partial charge in [-0.15, -0.1) is 0 Å². The van der Waals surface area contributed by atoms with E-state index in [4.69, 9.17) is 14.2 Å². The zero-order chi connectivity index (χ0) is 67.2. The Morgan fingerprint density at radius 3 is 1.00 bits per heavy atom. The summed E-state index contributed by atoms with van der Waals surface area (Å²) in [7, 11) is 0. The Kier molecular flexibility index (Phi) is 68.9. The van der Waals surface area contributed by atoms with Crippen LogP contribution in [-0.2, 0) is 23.8 Å². The monoisotopic (exact) mass is 1320 g/mol. The molecule has 0 aromatic rings. The van der Waals surface area contributed by atoms with E-state index in [0.717, 1.165) is 51.4 Å². The topological polar surface area (TPSA) is 175 Å². The maximum Gasteiger partial charge on any atom is 0.305 e. The van der Waals surface area contributed by atoms with E-state index >= 15 is 0 Å². The number of hydrogen-bond donors (Lipinski definition) is 6. The number of carbonyl (C=O) groups excluding carboxylic acids is 2. The highest BCUT2D eigenvalue weighted by Crippen LogP contribution is 2.24. The lowest BCUT2D eigenvalue weighted by molar-refractivity contribution is -0.302. The Labute approximate surface area is 576 Å². The maximum absolute atomic E-state index is 13.0. The van der Waals surface area contributed by atoms with Gasteiger partial charge in [-0.05, 0) is 32.1 Å². The van der Waals surface area contributed by atoms with Gasteiger partial charge in [0.05, 0.1) is 32.0 Å². The zero-order valence-electron chi connectivity index (χ0n) is 61.8. The predicted molar refractivity (Wildman–Crippen MR) is 394 cm³/mol. The molecule has 11 heteroatoms. The number of ether oxygens (including phenoxy) is 3. The van der Waals surface area contributed by atoms with E-state index in [0.29, 0.717) is 19.4 Å². The van der Waals surface area contributed by atoms with E-state index in [1.54, 1.807) is 6.08 Å². The molecule has 1 heterocycles. The molecular formula is C82H159NO10. The van der Waals surface area contributed by atoms with Crippen molar-refractivity contribution in [1.82, 2.24) is 5.32 Å². The standard InChI is InChI=1S/C82H159NO10/c1-3-5-7-9-11-13-14-15-16-17-37-41-44-47-50-54-58-62-66-70-78(87)91-71-67-63-59-55-51-48-45-42-39-36-34-32-30-28-26-24-22-20-18-19-21-23-25-27-29-31-33-35-38-40-43-46-49-53-57-61-65-69-77(86)83-74(75(85)68-64-60-56-52-12-10-8-6-4-2)73-92-82-81(90)80(89)79(88)76(72-84)93-82/h64,68,74-76,79-82,84-85,88-90H,3-63,65-67,69-73H2,1-2H3,(H,83,86)/b68-64+. The highest BCUT2D eigenvalue weighted by molar-refractivity contribution is 5.76. The lowest BCUT2D eigenvalue weighted by Gasteiger charge is -2.40. The molecule has 0 radical (unpaired) electrons. The highest BCUT2D eigenvalue weighted by Gasteiger charge is 2.44. The second kappa shape index (κ2) is 71.7. The molecule has 0 spiro atoms. The third kappa shape index (κ3) is 60.1. The molecule has 7 atom stereocenters. The average Bonchev–Trinajstić information content (AvgIpc) is 1.10. The van der Waals surface area contributed by atoms with Crippen LogP contribution >= 0.6 is 0 Å². The zero-order valence-corrected chi connectivity index (χ0v) is 61.8. The summed E-state index contributed by atoms with van der Waals surface area (Å²) in [6, 6.07) is -0.803. The number of allylic oxidation sites excluding steroid dienone is 1. The first-order valence-electron chi connectivity index (χ1n) is 41.5. The summed E-state index contributed by atoms with van der Waals surface area (Å²) in [5.41, 5.74) is 0. The molecule has 1 rings (SSSR count). The van der Waals surface area contributed by atoms with Crippen LogP contribution in [0.2, 0.25) is 0 Å². The van der Waals surface area contributed by atoms with Crippen LogP contribution in [-0.4, -0.2) is 100 Å². The number of aliphatic hydroxyl groups is 5. The molecule has 0 aliphatic carbocycles. The van der Waals surface area contributed by atoms with Crippen LogP contribution in [0.4, 0.5) is 0 Å². The van der Waals surface area contributed by atoms with Crippen LogP contribution in [0.1, 0.15) is 438 Å². The molecule has 0 aromatic heterocycles. The summed E-state index contributed by atoms with van der Waals surface area (Å²) in [6.07, 6.45) is 81.4. The van der Waals surface area contributed by atoms with Gasteiger partial charge in [-0.25, -0.2) is 0 Å². The summed E-state index contributed by atoms with van der Waals surface area (Å²) < 4.78 is 16.8. The van der Waals surface area contributed by atoms with Crippen LogP contribution in [0.5, 0.6) is 0 Å². The average molecular weight is 1320 g/mol. The van der Waals surface area contributed by atoms with E-state index in [-0.39, 0.29) is 18.5 Å². The summed E-state index contributed by atoms with van der Waals surface area (Å²) in [6.45, 7) is 4.38. The number of rotatable bonds is 75. The molecule has 0 saturated carbocycles. The van der Waals surface area contributed by atoms with E-state index in [1.807, 2.05) is 6.08 Å². The summed E-state index contributed by atoms with van der Waals surface area (Å²) >= 11 is 0. The van der Waals surface area contributed by atoms with Crippen molar-refractivity contribution >= 4 is 11.9 Å². The minimum absolute atomic E-state index is 0.0232. The Morgan fingerprint density at radius 1 is 0.387 bits per heavy atom. The van der Waals surface area contributed by atoms with Crippen LogP contribution in [0.3, 0.4) is 0 Å². The van der Waals surface area contributed by atoms with Gasteiger partial charge in [-0.3, -0.25) is 9.59 Å². The maximum atomic E-state index is 13.0. The quantitative estimate of drug-likeness (QED) is 0.0195. The van der Waals surface area contributed by atoms with Gasteiger partial charge >= 0.3 is 5.97 Å². The number of nitrogens with one attached hydrogen (secondary N) is 1. The van der Waals surface area contributed by atoms with Crippen molar-refractivity contribution in [3.05, 3.63) is 12.2 Å². The normalized spacial score (nSPS) is 17.4. The summed E-state index contributed by atoms with van der Waals surface area (Å²) in [5, 5.41) is 54.4. The Morgan fingerprint density at radius 2 is 0.677 bits per heavy atom. The highest BCUT2D eigenvalue weighted by atomic mass is 16.7. The van der Waals surface area contributed by atoms with Crippen LogP contribution in [0.15, 0.2) is 12.2 Å². The minimum Gasteiger partial charge on any atom is -0.466 e. The number of aliphatic hydroxyl groups excluding tert-OH is 5. The molecule has 1 amide bonds. The minimum atomic E-state index is -1.57. The van der Waals surface area contributed by atoms with Gasteiger partial charge < -0.3 is 45.1 Å². The molecule has 1 fully saturated rings. The van der Waals surface area contributed by atoms with Crippen LogP contribution < -0.4 is 5.32 Å². The number of esters is 1. The first-order valence-corrected chi connectivity index (χ1v) is 41.5. The van der Waals surface area contributed by atoms with Crippen molar-refractivity contribution in [2.45, 2.75) is 480 Å². The molecule has 0 bridgehead atoms. The number of hydrogen-bond acceptors (Lipinski definition) is 10. The third-order valence-corrected chi connectivity index (χ3v) is 20.2. The van der Waals surface area contributed by atoms with E-state index in [1.165, 1.54) is 360 Å². The van der Waals surface area contributed by atoms with Gasteiger partial charge in [0.15, 0.2) is 6.29 Å². The van der Waals surface area contributed by atoms with Crippen molar-refractivity contribution < 1.29 is 49.3 Å². The van der Waals surface area contributed by atoms with Gasteiger partial charge in [0.25, 0.3) is 0 Å². The van der Waals surface area contributed by atoms with Crippen molar-refractivity contribution in [1.29, 1.82) is 0 Å². The second-order valence-electron chi connectivity index (χ2n) is 29.2. The summed E-state index contributed by atoms with van der Waals surface area (Å²) in [5.74, 6) is -0.152. The molecule has 7 unspecified atom stereocenters. The fourth-order valence-electron chi connectivity index (χ4n) is 13.7. The molecule has 552 valence electrons. The third-order valence-electron chi connectivity index (χ3n) is 20.2. The Hall–Kier alpha value is -1.60. The smallest absolute Gasteiger partial charge is 0.305 e. The van der Waals surface area contributed by atoms with Crippen molar-refractivity contribution in [3.63, 3.8) is 0 Å². The molecule has 93 heavy (non-hydrogen) atoms. The van der Waals surface area contributed by atoms with Crippen molar-refractivity contribution in [2.24, 2.45) is 0 Å². The Balaban J connectivity index is 1.82. The number of unbranched alkanes of at least 4 members (excludes halogenated alkanes) is 61. The molecule has 1 aliphatic rings. The van der Waals surface area contributed by atoms with Crippen molar-refractivity contribution in [3.8, 4) is 0 Å². The molecule has 1 aliphatic heterocycles. The first kappa shape index (κ1) is 89.4. The predicted octanol–water partition coefficient (Wildman–Crippen LogP) is 22.5. The molecular weight excluding hydrogens is 1160 g/mol. The molecule has 1 saturated heterocycles.